The number of carbonyl (C=O) groups excluding carboxylic acids is 2. The van der Waals surface area contributed by atoms with E-state index in [2.05, 4.69) is 0 Å². The number of carbonyl (C=O) groups is 2. The molecule has 2 aromatic carbocycles. The number of hydrogen-bond acceptors (Lipinski definition) is 3. The van der Waals surface area contributed by atoms with Crippen LogP contribution in [0.4, 0.5) is 13.6 Å². The molecule has 29 heavy (non-hydrogen) atoms. The highest BCUT2D eigenvalue weighted by Gasteiger charge is 2.40. The molecule has 0 radical (unpaired) electrons. The quantitative estimate of drug-likeness (QED) is 0.706. The lowest BCUT2D eigenvalue weighted by Crippen LogP contribution is -2.47. The molecule has 152 valence electrons. The van der Waals surface area contributed by atoms with E-state index in [-0.39, 0.29) is 6.03 Å². The molecule has 0 saturated heterocycles. The van der Waals surface area contributed by atoms with Gasteiger partial charge in [-0.1, -0.05) is 36.4 Å². The Morgan fingerprint density at radius 2 is 1.72 bits per heavy atom. The first-order valence-corrected chi connectivity index (χ1v) is 9.10. The van der Waals surface area contributed by atoms with E-state index in [0.29, 0.717) is 22.4 Å². The summed E-state index contributed by atoms with van der Waals surface area (Å²) in [6.45, 7) is 3.05. The van der Waals surface area contributed by atoms with Crippen LogP contribution in [0.2, 0.25) is 0 Å². The van der Waals surface area contributed by atoms with Gasteiger partial charge in [0, 0.05) is 32.3 Å². The van der Waals surface area contributed by atoms with Crippen molar-refractivity contribution in [1.29, 1.82) is 0 Å². The highest BCUT2D eigenvalue weighted by molar-refractivity contribution is 5.79. The van der Waals surface area contributed by atoms with Gasteiger partial charge in [-0.15, -0.1) is 0 Å². The molecule has 0 spiro atoms. The van der Waals surface area contributed by atoms with Crippen molar-refractivity contribution in [3.05, 3.63) is 82.6 Å². The van der Waals surface area contributed by atoms with Gasteiger partial charge in [-0.3, -0.25) is 4.79 Å². The Bertz CT molecular complexity index is 975. The molecule has 2 aromatic rings. The molecule has 1 aliphatic rings. The third-order valence-electron chi connectivity index (χ3n) is 5.12. The summed E-state index contributed by atoms with van der Waals surface area (Å²) in [5.41, 5.74) is 2.27. The zero-order valence-electron chi connectivity index (χ0n) is 16.6. The summed E-state index contributed by atoms with van der Waals surface area (Å²) in [5, 5.41) is 0. The van der Waals surface area contributed by atoms with Gasteiger partial charge in [0.05, 0.1) is 6.04 Å². The number of likely N-dealkylation sites (N-methyl/N-ethyl adjacent to an activating group) is 1. The van der Waals surface area contributed by atoms with Gasteiger partial charge >= 0.3 is 12.0 Å². The van der Waals surface area contributed by atoms with Crippen LogP contribution in [0.5, 0.6) is 0 Å². The smallest absolute Gasteiger partial charge is 0.324 e. The Morgan fingerprint density at radius 3 is 2.31 bits per heavy atom. The fourth-order valence-corrected chi connectivity index (χ4v) is 3.61. The predicted octanol–water partition coefficient (Wildman–Crippen LogP) is 4.58. The second-order valence-electron chi connectivity index (χ2n) is 6.97. The summed E-state index contributed by atoms with van der Waals surface area (Å²) >= 11 is 0. The molecule has 0 aliphatic carbocycles. The van der Waals surface area contributed by atoms with Crippen molar-refractivity contribution < 1.29 is 23.1 Å². The second-order valence-corrected chi connectivity index (χ2v) is 6.97. The highest BCUT2D eigenvalue weighted by Crippen LogP contribution is 2.44. The number of nitrogens with zero attached hydrogens (tertiary/aromatic N) is 2. The molecule has 0 saturated carbocycles. The van der Waals surface area contributed by atoms with Gasteiger partial charge < -0.3 is 14.5 Å². The van der Waals surface area contributed by atoms with Gasteiger partial charge in [-0.2, -0.15) is 0 Å². The number of allylic oxidation sites excluding steroid dienone is 1. The third kappa shape index (κ3) is 3.85. The zero-order valence-corrected chi connectivity index (χ0v) is 16.6. The van der Waals surface area contributed by atoms with Crippen LogP contribution in [0.3, 0.4) is 0 Å². The highest BCUT2D eigenvalue weighted by atomic mass is 19.2. The molecule has 0 N–H and O–H groups in total. The first-order chi connectivity index (χ1) is 13.7. The number of esters is 1. The molecule has 1 heterocycles. The number of ether oxygens (including phenoxy) is 1. The maximum Gasteiger partial charge on any atom is 0.324 e. The predicted molar refractivity (Wildman–Crippen MR) is 104 cm³/mol. The molecule has 5 nitrogen and oxygen atoms in total. The lowest BCUT2D eigenvalue weighted by molar-refractivity contribution is -0.145. The zero-order chi connectivity index (χ0) is 21.3. The molecule has 7 heteroatoms. The molecule has 2 atom stereocenters. The first kappa shape index (κ1) is 20.5. The van der Waals surface area contributed by atoms with E-state index in [1.807, 2.05) is 30.3 Å². The molecule has 3 rings (SSSR count). The Morgan fingerprint density at radius 1 is 1.07 bits per heavy atom. The van der Waals surface area contributed by atoms with Gasteiger partial charge in [0.15, 0.2) is 17.7 Å². The van der Waals surface area contributed by atoms with Gasteiger partial charge in [-0.05, 0) is 30.2 Å². The van der Waals surface area contributed by atoms with E-state index in [1.54, 1.807) is 21.0 Å². The van der Waals surface area contributed by atoms with Crippen LogP contribution < -0.4 is 0 Å². The van der Waals surface area contributed by atoms with E-state index in [4.69, 9.17) is 4.74 Å². The molecule has 2 unspecified atom stereocenters. The monoisotopic (exact) mass is 400 g/mol. The number of benzene rings is 2. The van der Waals surface area contributed by atoms with Crippen molar-refractivity contribution in [2.75, 3.05) is 14.1 Å². The van der Waals surface area contributed by atoms with Crippen LogP contribution in [-0.4, -0.2) is 35.9 Å². The van der Waals surface area contributed by atoms with E-state index < -0.39 is 29.7 Å². The van der Waals surface area contributed by atoms with Gasteiger partial charge in [0.1, 0.15) is 0 Å². The van der Waals surface area contributed by atoms with Crippen molar-refractivity contribution >= 4 is 12.0 Å². The van der Waals surface area contributed by atoms with Crippen LogP contribution in [0.25, 0.3) is 0 Å². The molecular weight excluding hydrogens is 378 g/mol. The Hall–Kier alpha value is -3.22. The summed E-state index contributed by atoms with van der Waals surface area (Å²) in [6, 6.07) is 11.6. The fourth-order valence-electron chi connectivity index (χ4n) is 3.61. The average molecular weight is 400 g/mol. The van der Waals surface area contributed by atoms with E-state index in [0.717, 1.165) is 12.1 Å². The molecular formula is C22H22F2N2O3. The van der Waals surface area contributed by atoms with Crippen LogP contribution >= 0.6 is 0 Å². The SMILES string of the molecule is CC(=O)OC(C1=C(C)N(C)C(=O)N(C)C1c1ccc(F)c(F)c1)c1ccccc1. The van der Waals surface area contributed by atoms with Crippen LogP contribution in [0.1, 0.15) is 37.1 Å². The number of hydrogen-bond donors (Lipinski definition) is 0. The fraction of sp³-hybridized carbons (Fsp3) is 0.273. The third-order valence-corrected chi connectivity index (χ3v) is 5.12. The molecule has 0 bridgehead atoms. The Balaban J connectivity index is 2.24. The molecule has 2 amide bonds. The van der Waals surface area contributed by atoms with Crippen molar-refractivity contribution in [1.82, 2.24) is 9.80 Å². The maximum atomic E-state index is 14.0. The first-order valence-electron chi connectivity index (χ1n) is 9.10. The van der Waals surface area contributed by atoms with Gasteiger partial charge in [0.2, 0.25) is 0 Å². The van der Waals surface area contributed by atoms with Crippen LogP contribution in [0.15, 0.2) is 59.8 Å². The number of halogens is 2. The van der Waals surface area contributed by atoms with E-state index in [9.17, 15) is 18.4 Å². The average Bonchev–Trinajstić information content (AvgIpc) is 2.70. The summed E-state index contributed by atoms with van der Waals surface area (Å²) in [6.07, 6.45) is -0.801. The maximum absolute atomic E-state index is 14.0. The normalized spacial score (nSPS) is 18.1. The van der Waals surface area contributed by atoms with Crippen molar-refractivity contribution in [3.8, 4) is 0 Å². The Kier molecular flexibility index (Phi) is 5.68. The van der Waals surface area contributed by atoms with E-state index in [1.165, 1.54) is 22.8 Å². The standard InChI is InChI=1S/C22H22F2N2O3/c1-13-19(21(29-14(2)27)15-8-6-5-7-9-15)20(26(4)22(28)25(13)3)16-10-11-17(23)18(24)12-16/h5-12,20-21H,1-4H3. The van der Waals surface area contributed by atoms with Crippen molar-refractivity contribution in [2.24, 2.45) is 0 Å². The molecule has 1 aliphatic heterocycles. The minimum Gasteiger partial charge on any atom is -0.453 e. The van der Waals surface area contributed by atoms with Gasteiger partial charge in [0.25, 0.3) is 0 Å². The minimum absolute atomic E-state index is 0.310. The summed E-state index contributed by atoms with van der Waals surface area (Å²) in [5.74, 6) is -2.48. The number of rotatable bonds is 4. The lowest BCUT2D eigenvalue weighted by Gasteiger charge is -2.42. The van der Waals surface area contributed by atoms with Crippen LogP contribution in [0, 0.1) is 11.6 Å². The van der Waals surface area contributed by atoms with E-state index >= 15 is 0 Å². The van der Waals surface area contributed by atoms with Gasteiger partial charge in [-0.25, -0.2) is 13.6 Å². The Labute approximate surface area is 168 Å². The number of amides is 2. The summed E-state index contributed by atoms with van der Waals surface area (Å²) in [4.78, 5) is 27.5. The van der Waals surface area contributed by atoms with Crippen LogP contribution in [-0.2, 0) is 9.53 Å². The molecule has 0 aromatic heterocycles. The summed E-state index contributed by atoms with van der Waals surface area (Å²) < 4.78 is 33.2. The van der Waals surface area contributed by atoms with Crippen molar-refractivity contribution in [2.45, 2.75) is 26.0 Å². The molecule has 0 fully saturated rings. The second kappa shape index (κ2) is 8.03. The largest absolute Gasteiger partial charge is 0.453 e. The number of urea groups is 1. The summed E-state index contributed by atoms with van der Waals surface area (Å²) in [7, 11) is 3.19. The lowest BCUT2D eigenvalue weighted by atomic mass is 9.87. The van der Waals surface area contributed by atoms with Crippen molar-refractivity contribution in [3.63, 3.8) is 0 Å². The topological polar surface area (TPSA) is 49.9 Å². The minimum atomic E-state index is -1.01.